The molecule has 28 heavy (non-hydrogen) atoms. The predicted molar refractivity (Wildman–Crippen MR) is 103 cm³/mol. The Morgan fingerprint density at radius 3 is 2.39 bits per heavy atom. The topological polar surface area (TPSA) is 90.9 Å². The van der Waals surface area contributed by atoms with Crippen LogP contribution in [0, 0.1) is 10.8 Å². The summed E-state index contributed by atoms with van der Waals surface area (Å²) >= 11 is 0. The van der Waals surface area contributed by atoms with Crippen molar-refractivity contribution in [3.05, 3.63) is 30.1 Å². The number of aromatic nitrogens is 1. The van der Waals surface area contributed by atoms with Crippen LogP contribution in [-0.4, -0.2) is 85.3 Å². The number of piperidine rings is 1. The van der Waals surface area contributed by atoms with Crippen molar-refractivity contribution in [2.24, 2.45) is 10.8 Å². The molecule has 0 unspecified atom stereocenters. The van der Waals surface area contributed by atoms with Crippen molar-refractivity contribution in [2.75, 3.05) is 46.0 Å². The number of fused-ring (bicyclic) bond motifs is 1. The Labute approximate surface area is 165 Å². The molecule has 0 N–H and O–H groups in total. The number of nitrogens with zero attached hydrogens (tertiary/aromatic N) is 4. The normalized spacial score (nSPS) is 27.9. The monoisotopic (exact) mass is 406 g/mol. The summed E-state index contributed by atoms with van der Waals surface area (Å²) in [5.74, 6) is -0.0180. The highest BCUT2D eigenvalue weighted by molar-refractivity contribution is 7.88. The fraction of sp³-hybridized carbons (Fsp3) is 0.632. The molecule has 8 nitrogen and oxygen atoms in total. The highest BCUT2D eigenvalue weighted by Crippen LogP contribution is 2.58. The summed E-state index contributed by atoms with van der Waals surface area (Å²) in [6.45, 7) is 2.30. The zero-order valence-corrected chi connectivity index (χ0v) is 17.1. The number of carbonyl (C=O) groups is 2. The van der Waals surface area contributed by atoms with Crippen molar-refractivity contribution in [1.82, 2.24) is 19.1 Å². The summed E-state index contributed by atoms with van der Waals surface area (Å²) in [6.07, 6.45) is 6.33. The summed E-state index contributed by atoms with van der Waals surface area (Å²) in [7, 11) is -1.59. The van der Waals surface area contributed by atoms with Crippen LogP contribution < -0.4 is 0 Å². The van der Waals surface area contributed by atoms with Gasteiger partial charge in [-0.25, -0.2) is 12.7 Å². The van der Waals surface area contributed by atoms with Gasteiger partial charge in [0.1, 0.15) is 0 Å². The summed E-state index contributed by atoms with van der Waals surface area (Å²) < 4.78 is 26.0. The van der Waals surface area contributed by atoms with Crippen molar-refractivity contribution in [3.63, 3.8) is 0 Å². The van der Waals surface area contributed by atoms with Crippen LogP contribution in [0.3, 0.4) is 0 Å². The van der Waals surface area contributed by atoms with Crippen LogP contribution in [-0.2, 0) is 14.8 Å². The maximum Gasteiger partial charge on any atom is 0.255 e. The summed E-state index contributed by atoms with van der Waals surface area (Å²) in [5.41, 5.74) is -0.535. The quantitative estimate of drug-likeness (QED) is 0.710. The molecular weight excluding hydrogens is 380 g/mol. The van der Waals surface area contributed by atoms with E-state index in [2.05, 4.69) is 4.98 Å². The largest absolute Gasteiger partial charge is 0.345 e. The van der Waals surface area contributed by atoms with Gasteiger partial charge in [0.15, 0.2) is 0 Å². The van der Waals surface area contributed by atoms with E-state index >= 15 is 0 Å². The van der Waals surface area contributed by atoms with E-state index in [1.54, 1.807) is 41.4 Å². The van der Waals surface area contributed by atoms with Crippen molar-refractivity contribution >= 4 is 21.8 Å². The van der Waals surface area contributed by atoms with Gasteiger partial charge in [-0.05, 0) is 31.4 Å². The van der Waals surface area contributed by atoms with Gasteiger partial charge in [0.2, 0.25) is 15.9 Å². The summed E-state index contributed by atoms with van der Waals surface area (Å²) in [4.78, 5) is 33.4. The molecule has 1 aromatic heterocycles. The molecule has 0 bridgehead atoms. The van der Waals surface area contributed by atoms with E-state index in [0.717, 1.165) is 0 Å². The Kier molecular flexibility index (Phi) is 4.50. The molecule has 152 valence electrons. The first kappa shape index (κ1) is 19.3. The average Bonchev–Trinajstić information content (AvgIpc) is 3.16. The van der Waals surface area contributed by atoms with Crippen molar-refractivity contribution < 1.29 is 18.0 Å². The lowest BCUT2D eigenvalue weighted by Crippen LogP contribution is -2.53. The second-order valence-corrected chi connectivity index (χ2v) is 10.4. The standard InChI is InChI=1S/C19H26N4O4S/c1-21-9-7-19(17(21)25)14-23(28(2,26)27)13-18(19)5-10-22(11-6-18)16(24)15-4-3-8-20-12-15/h3-4,8,12H,5-7,9-11,13-14H2,1-2H3/t19-/m1/s1. The minimum Gasteiger partial charge on any atom is -0.345 e. The fourth-order valence-corrected chi connectivity index (χ4v) is 6.20. The number of rotatable bonds is 2. The number of sulfonamides is 1. The third kappa shape index (κ3) is 2.83. The van der Waals surface area contributed by atoms with Crippen molar-refractivity contribution in [1.29, 1.82) is 0 Å². The van der Waals surface area contributed by atoms with Crippen LogP contribution in [0.25, 0.3) is 0 Å². The summed E-state index contributed by atoms with van der Waals surface area (Å²) in [5, 5.41) is 0. The number of likely N-dealkylation sites (tertiary alicyclic amines) is 2. The molecule has 0 radical (unpaired) electrons. The van der Waals surface area contributed by atoms with Gasteiger partial charge in [-0.2, -0.15) is 0 Å². The molecule has 4 rings (SSSR count). The lowest BCUT2D eigenvalue weighted by atomic mass is 9.60. The molecule has 4 heterocycles. The molecule has 0 aromatic carbocycles. The lowest BCUT2D eigenvalue weighted by molar-refractivity contribution is -0.141. The second kappa shape index (κ2) is 6.52. The molecule has 2 amide bonds. The van der Waals surface area contributed by atoms with Crippen molar-refractivity contribution in [2.45, 2.75) is 19.3 Å². The minimum absolute atomic E-state index is 0.0469. The zero-order chi connectivity index (χ0) is 20.2. The van der Waals surface area contributed by atoms with E-state index in [-0.39, 0.29) is 18.4 Å². The summed E-state index contributed by atoms with van der Waals surface area (Å²) in [6, 6.07) is 3.49. The molecule has 3 saturated heterocycles. The van der Waals surface area contributed by atoms with E-state index in [1.807, 2.05) is 0 Å². The van der Waals surface area contributed by atoms with Crippen LogP contribution in [0.15, 0.2) is 24.5 Å². The average molecular weight is 407 g/mol. The molecule has 1 aromatic rings. The smallest absolute Gasteiger partial charge is 0.255 e. The van der Waals surface area contributed by atoms with Gasteiger partial charge in [0.05, 0.1) is 17.2 Å². The Balaban J connectivity index is 1.60. The molecular formula is C19H26N4O4S. The number of hydrogen-bond acceptors (Lipinski definition) is 5. The Bertz CT molecular complexity index is 896. The van der Waals surface area contributed by atoms with Crippen molar-refractivity contribution in [3.8, 4) is 0 Å². The van der Waals surface area contributed by atoms with E-state index in [0.29, 0.717) is 51.0 Å². The van der Waals surface area contributed by atoms with Gasteiger partial charge in [0, 0.05) is 57.6 Å². The van der Waals surface area contributed by atoms with Gasteiger partial charge in [-0.3, -0.25) is 14.6 Å². The second-order valence-electron chi connectivity index (χ2n) is 8.40. The highest BCUT2D eigenvalue weighted by atomic mass is 32.2. The fourth-order valence-electron chi connectivity index (χ4n) is 5.27. The van der Waals surface area contributed by atoms with Gasteiger partial charge >= 0.3 is 0 Å². The third-order valence-electron chi connectivity index (χ3n) is 6.96. The molecule has 9 heteroatoms. The Hall–Kier alpha value is -2.00. The van der Waals surface area contributed by atoms with Crippen LogP contribution in [0.1, 0.15) is 29.6 Å². The number of pyridine rings is 1. The lowest BCUT2D eigenvalue weighted by Gasteiger charge is -2.46. The third-order valence-corrected chi connectivity index (χ3v) is 8.15. The molecule has 3 aliphatic rings. The van der Waals surface area contributed by atoms with E-state index < -0.39 is 20.9 Å². The molecule has 3 fully saturated rings. The van der Waals surface area contributed by atoms with E-state index in [4.69, 9.17) is 0 Å². The maximum absolute atomic E-state index is 13.1. The first-order chi connectivity index (χ1) is 13.2. The number of amides is 2. The van der Waals surface area contributed by atoms with Crippen LogP contribution in [0.2, 0.25) is 0 Å². The molecule has 2 spiro atoms. The molecule has 3 aliphatic heterocycles. The molecule has 0 aliphatic carbocycles. The van der Waals surface area contributed by atoms with Crippen LogP contribution >= 0.6 is 0 Å². The first-order valence-electron chi connectivity index (χ1n) is 9.59. The van der Waals surface area contributed by atoms with Gasteiger partial charge in [-0.15, -0.1) is 0 Å². The van der Waals surface area contributed by atoms with E-state index in [1.165, 1.54) is 10.6 Å². The maximum atomic E-state index is 13.1. The Morgan fingerprint density at radius 2 is 1.86 bits per heavy atom. The predicted octanol–water partition coefficient (Wildman–Crippen LogP) is 0.428. The van der Waals surface area contributed by atoms with E-state index in [9.17, 15) is 18.0 Å². The molecule has 1 atom stereocenters. The number of carbonyl (C=O) groups excluding carboxylic acids is 2. The zero-order valence-electron chi connectivity index (χ0n) is 16.3. The highest BCUT2D eigenvalue weighted by Gasteiger charge is 2.66. The van der Waals surface area contributed by atoms with Gasteiger partial charge < -0.3 is 9.80 Å². The van der Waals surface area contributed by atoms with Crippen LogP contribution in [0.5, 0.6) is 0 Å². The molecule has 0 saturated carbocycles. The Morgan fingerprint density at radius 1 is 1.14 bits per heavy atom. The first-order valence-corrected chi connectivity index (χ1v) is 11.4. The number of hydrogen-bond donors (Lipinski definition) is 0. The minimum atomic E-state index is -3.38. The van der Waals surface area contributed by atoms with Gasteiger partial charge in [0.25, 0.3) is 5.91 Å². The SMILES string of the molecule is CN1CC[C@@]2(CN(S(C)(=O)=O)CC23CCN(C(=O)c2cccnc2)CC3)C1=O. The van der Waals surface area contributed by atoms with Gasteiger partial charge in [-0.1, -0.05) is 0 Å². The van der Waals surface area contributed by atoms with Crippen LogP contribution in [0.4, 0.5) is 0 Å².